The summed E-state index contributed by atoms with van der Waals surface area (Å²) in [6, 6.07) is 6.28. The molecule has 0 radical (unpaired) electrons. The zero-order valence-electron chi connectivity index (χ0n) is 11.7. The first-order valence-corrected chi connectivity index (χ1v) is 8.28. The van der Waals surface area contributed by atoms with Crippen LogP contribution < -0.4 is 5.32 Å². The number of hydrogen-bond acceptors (Lipinski definition) is 2. The van der Waals surface area contributed by atoms with Crippen LogP contribution in [0.3, 0.4) is 0 Å². The van der Waals surface area contributed by atoms with Crippen LogP contribution in [-0.4, -0.2) is 30.4 Å². The van der Waals surface area contributed by atoms with E-state index in [1.54, 1.807) is 0 Å². The van der Waals surface area contributed by atoms with Crippen LogP contribution in [0.25, 0.3) is 0 Å². The lowest BCUT2D eigenvalue weighted by atomic mass is 9.98. The second-order valence-electron chi connectivity index (χ2n) is 5.84. The van der Waals surface area contributed by atoms with E-state index in [9.17, 15) is 4.79 Å². The van der Waals surface area contributed by atoms with Gasteiger partial charge in [0.2, 0.25) is 5.91 Å². The number of rotatable bonds is 3. The van der Waals surface area contributed by atoms with Gasteiger partial charge in [0, 0.05) is 24.0 Å². The van der Waals surface area contributed by atoms with E-state index in [0.29, 0.717) is 18.2 Å². The van der Waals surface area contributed by atoms with Gasteiger partial charge in [0.05, 0.1) is 0 Å². The van der Waals surface area contributed by atoms with Gasteiger partial charge in [0.25, 0.3) is 0 Å². The summed E-state index contributed by atoms with van der Waals surface area (Å²) in [4.78, 5) is 14.4. The van der Waals surface area contributed by atoms with Crippen LogP contribution >= 0.6 is 15.9 Å². The van der Waals surface area contributed by atoms with E-state index < -0.39 is 0 Å². The van der Waals surface area contributed by atoms with E-state index in [-0.39, 0.29) is 0 Å². The molecular weight excluding hydrogens is 316 g/mol. The number of benzene rings is 1. The number of amides is 1. The molecule has 3 rings (SSSR count). The van der Waals surface area contributed by atoms with E-state index >= 15 is 0 Å². The molecule has 1 unspecified atom stereocenters. The molecule has 1 aromatic rings. The monoisotopic (exact) mass is 336 g/mol. The van der Waals surface area contributed by atoms with Gasteiger partial charge < -0.3 is 10.2 Å². The number of carbonyl (C=O) groups excluding carboxylic acids is 1. The fraction of sp³-hybridized carbons (Fsp3) is 0.562. The molecule has 0 bridgehead atoms. The molecule has 0 aromatic heterocycles. The molecule has 3 nitrogen and oxygen atoms in total. The Morgan fingerprint density at radius 2 is 2.35 bits per heavy atom. The molecule has 1 atom stereocenters. The normalized spacial score (nSPS) is 21.9. The van der Waals surface area contributed by atoms with Crippen molar-refractivity contribution in [1.82, 2.24) is 10.2 Å². The van der Waals surface area contributed by atoms with Crippen molar-refractivity contribution in [3.05, 3.63) is 33.8 Å². The average molecular weight is 337 g/mol. The molecule has 0 aliphatic carbocycles. The SMILES string of the molecule is O=C(CCC1CCNC1)N1CCc2c(Br)cccc2C1. The summed E-state index contributed by atoms with van der Waals surface area (Å²) >= 11 is 3.60. The Hall–Kier alpha value is -0.870. The minimum Gasteiger partial charge on any atom is -0.338 e. The summed E-state index contributed by atoms with van der Waals surface area (Å²) in [6.07, 6.45) is 3.93. The zero-order valence-corrected chi connectivity index (χ0v) is 13.3. The maximum absolute atomic E-state index is 12.3. The maximum Gasteiger partial charge on any atom is 0.222 e. The number of hydrogen-bond donors (Lipinski definition) is 1. The molecule has 1 amide bonds. The molecule has 0 spiro atoms. The Balaban J connectivity index is 1.57. The van der Waals surface area contributed by atoms with Crippen LogP contribution in [0.15, 0.2) is 22.7 Å². The first kappa shape index (κ1) is 14.1. The average Bonchev–Trinajstić information content (AvgIpc) is 2.98. The highest BCUT2D eigenvalue weighted by Gasteiger charge is 2.23. The third-order valence-electron chi connectivity index (χ3n) is 4.49. The van der Waals surface area contributed by atoms with Gasteiger partial charge >= 0.3 is 0 Å². The van der Waals surface area contributed by atoms with Gasteiger partial charge in [-0.3, -0.25) is 4.79 Å². The second-order valence-corrected chi connectivity index (χ2v) is 6.69. The zero-order chi connectivity index (χ0) is 13.9. The van der Waals surface area contributed by atoms with Crippen molar-refractivity contribution in [1.29, 1.82) is 0 Å². The van der Waals surface area contributed by atoms with Crippen LogP contribution in [0.2, 0.25) is 0 Å². The predicted molar refractivity (Wildman–Crippen MR) is 83.5 cm³/mol. The van der Waals surface area contributed by atoms with Crippen molar-refractivity contribution in [3.8, 4) is 0 Å². The predicted octanol–water partition coefficient (Wildman–Crippen LogP) is 2.72. The third kappa shape index (κ3) is 3.07. The highest BCUT2D eigenvalue weighted by molar-refractivity contribution is 9.10. The molecule has 1 saturated heterocycles. The van der Waals surface area contributed by atoms with E-state index in [1.807, 2.05) is 4.90 Å². The number of nitrogens with one attached hydrogen (secondary N) is 1. The summed E-state index contributed by atoms with van der Waals surface area (Å²) in [5.41, 5.74) is 2.66. The van der Waals surface area contributed by atoms with Gasteiger partial charge in [0.15, 0.2) is 0 Å². The summed E-state index contributed by atoms with van der Waals surface area (Å²) in [7, 11) is 0. The summed E-state index contributed by atoms with van der Waals surface area (Å²) in [5.74, 6) is 1.02. The van der Waals surface area contributed by atoms with Gasteiger partial charge in [-0.15, -0.1) is 0 Å². The van der Waals surface area contributed by atoms with Crippen molar-refractivity contribution in [2.24, 2.45) is 5.92 Å². The smallest absolute Gasteiger partial charge is 0.222 e. The quantitative estimate of drug-likeness (QED) is 0.920. The Bertz CT molecular complexity index is 497. The van der Waals surface area contributed by atoms with Crippen molar-refractivity contribution >= 4 is 21.8 Å². The number of fused-ring (bicyclic) bond motifs is 1. The molecule has 2 aliphatic heterocycles. The molecular formula is C16H21BrN2O. The molecule has 0 saturated carbocycles. The topological polar surface area (TPSA) is 32.3 Å². The van der Waals surface area contributed by atoms with E-state index in [0.717, 1.165) is 39.0 Å². The third-order valence-corrected chi connectivity index (χ3v) is 5.23. The van der Waals surface area contributed by atoms with Crippen LogP contribution in [0.5, 0.6) is 0 Å². The highest BCUT2D eigenvalue weighted by atomic mass is 79.9. The van der Waals surface area contributed by atoms with Crippen LogP contribution in [-0.2, 0) is 17.8 Å². The molecule has 2 aliphatic rings. The number of carbonyl (C=O) groups is 1. The Morgan fingerprint density at radius 1 is 1.45 bits per heavy atom. The lowest BCUT2D eigenvalue weighted by molar-refractivity contribution is -0.132. The first-order chi connectivity index (χ1) is 9.74. The first-order valence-electron chi connectivity index (χ1n) is 7.49. The molecule has 108 valence electrons. The molecule has 1 fully saturated rings. The summed E-state index contributed by atoms with van der Waals surface area (Å²) < 4.78 is 1.18. The Kier molecular flexibility index (Phi) is 4.41. The minimum atomic E-state index is 0.322. The fourth-order valence-corrected chi connectivity index (χ4v) is 3.83. The molecule has 1 aromatic carbocycles. The lowest BCUT2D eigenvalue weighted by Gasteiger charge is -2.30. The van der Waals surface area contributed by atoms with Crippen molar-refractivity contribution in [2.45, 2.75) is 32.2 Å². The lowest BCUT2D eigenvalue weighted by Crippen LogP contribution is -2.36. The van der Waals surface area contributed by atoms with Crippen molar-refractivity contribution < 1.29 is 4.79 Å². The molecule has 2 heterocycles. The fourth-order valence-electron chi connectivity index (χ4n) is 3.22. The van der Waals surface area contributed by atoms with E-state index in [2.05, 4.69) is 39.4 Å². The van der Waals surface area contributed by atoms with Gasteiger partial charge in [-0.1, -0.05) is 28.1 Å². The summed E-state index contributed by atoms with van der Waals surface area (Å²) in [5, 5.41) is 3.36. The molecule has 4 heteroatoms. The van der Waals surface area contributed by atoms with E-state index in [1.165, 1.54) is 22.0 Å². The maximum atomic E-state index is 12.3. The molecule has 1 N–H and O–H groups in total. The number of halogens is 1. The summed E-state index contributed by atoms with van der Waals surface area (Å²) in [6.45, 7) is 3.83. The van der Waals surface area contributed by atoms with Gasteiger partial charge in [-0.2, -0.15) is 0 Å². The van der Waals surface area contributed by atoms with Crippen molar-refractivity contribution in [2.75, 3.05) is 19.6 Å². The highest BCUT2D eigenvalue weighted by Crippen LogP contribution is 2.27. The largest absolute Gasteiger partial charge is 0.338 e. The second kappa shape index (κ2) is 6.27. The number of nitrogens with zero attached hydrogens (tertiary/aromatic N) is 1. The van der Waals surface area contributed by atoms with Gasteiger partial charge in [-0.25, -0.2) is 0 Å². The van der Waals surface area contributed by atoms with Gasteiger partial charge in [0.1, 0.15) is 0 Å². The minimum absolute atomic E-state index is 0.322. The van der Waals surface area contributed by atoms with Crippen LogP contribution in [0, 0.1) is 5.92 Å². The standard InChI is InChI=1S/C16H21BrN2O/c17-15-3-1-2-13-11-19(9-7-14(13)15)16(20)5-4-12-6-8-18-10-12/h1-3,12,18H,4-11H2. The van der Waals surface area contributed by atoms with Crippen LogP contribution in [0.4, 0.5) is 0 Å². The van der Waals surface area contributed by atoms with Gasteiger partial charge in [-0.05, 0) is 55.5 Å². The molecule has 20 heavy (non-hydrogen) atoms. The van der Waals surface area contributed by atoms with E-state index in [4.69, 9.17) is 0 Å². The van der Waals surface area contributed by atoms with Crippen molar-refractivity contribution in [3.63, 3.8) is 0 Å². The van der Waals surface area contributed by atoms with Crippen LogP contribution in [0.1, 0.15) is 30.4 Å². The Labute approximate surface area is 128 Å². The Morgan fingerprint density at radius 3 is 3.15 bits per heavy atom.